The quantitative estimate of drug-likeness (QED) is 0.359. The molecule has 0 saturated carbocycles. The molecule has 1 aliphatic rings. The number of thiophene rings is 1. The first-order valence-corrected chi connectivity index (χ1v) is 12.8. The molecule has 0 aliphatic carbocycles. The van der Waals surface area contributed by atoms with Crippen molar-refractivity contribution in [2.45, 2.75) is 25.0 Å². The van der Waals surface area contributed by atoms with Crippen LogP contribution in [0, 0.1) is 0 Å². The van der Waals surface area contributed by atoms with Gasteiger partial charge in [0.1, 0.15) is 35.4 Å². The Balaban J connectivity index is 1.16. The topological polar surface area (TPSA) is 70.5 Å². The number of anilines is 1. The third kappa shape index (κ3) is 5.33. The van der Waals surface area contributed by atoms with Crippen LogP contribution in [0.25, 0.3) is 21.3 Å². The van der Waals surface area contributed by atoms with E-state index in [1.807, 2.05) is 6.07 Å². The van der Waals surface area contributed by atoms with Crippen LogP contribution in [0.4, 0.5) is 5.82 Å². The SMILES string of the molecule is OC(CNC1CCN(c2ncnc3scc(-c4ccccc4)c23)CC1)COc1ccc(Cl)cc1. The van der Waals surface area contributed by atoms with E-state index in [9.17, 15) is 5.11 Å². The van der Waals surface area contributed by atoms with E-state index in [-0.39, 0.29) is 6.61 Å². The lowest BCUT2D eigenvalue weighted by Crippen LogP contribution is -2.45. The molecule has 2 aromatic heterocycles. The Morgan fingerprint density at radius 1 is 1.09 bits per heavy atom. The molecular weight excluding hydrogens is 468 g/mol. The number of aromatic nitrogens is 2. The number of nitrogens with one attached hydrogen (secondary N) is 1. The van der Waals surface area contributed by atoms with E-state index in [4.69, 9.17) is 16.3 Å². The highest BCUT2D eigenvalue weighted by molar-refractivity contribution is 7.17. The minimum absolute atomic E-state index is 0.243. The summed E-state index contributed by atoms with van der Waals surface area (Å²) in [6.45, 7) is 2.56. The number of aliphatic hydroxyl groups excluding tert-OH is 1. The van der Waals surface area contributed by atoms with Gasteiger partial charge in [-0.05, 0) is 42.7 Å². The molecule has 1 aliphatic heterocycles. The molecule has 2 aromatic carbocycles. The molecule has 0 amide bonds. The Labute approximate surface area is 208 Å². The lowest BCUT2D eigenvalue weighted by molar-refractivity contribution is 0.102. The predicted molar refractivity (Wildman–Crippen MR) is 139 cm³/mol. The summed E-state index contributed by atoms with van der Waals surface area (Å²) < 4.78 is 5.65. The van der Waals surface area contributed by atoms with Crippen LogP contribution in [-0.2, 0) is 0 Å². The number of fused-ring (bicyclic) bond motifs is 1. The molecule has 4 aromatic rings. The van der Waals surface area contributed by atoms with Crippen LogP contribution in [0.15, 0.2) is 66.3 Å². The van der Waals surface area contributed by atoms with Crippen molar-refractivity contribution < 1.29 is 9.84 Å². The van der Waals surface area contributed by atoms with Gasteiger partial charge in [0.05, 0.1) is 5.39 Å². The number of benzene rings is 2. The summed E-state index contributed by atoms with van der Waals surface area (Å²) in [5, 5.41) is 17.8. The first-order valence-electron chi connectivity index (χ1n) is 11.5. The van der Waals surface area contributed by atoms with Gasteiger partial charge in [-0.1, -0.05) is 41.9 Å². The van der Waals surface area contributed by atoms with Crippen LogP contribution in [-0.4, -0.2) is 53.5 Å². The van der Waals surface area contributed by atoms with Crippen molar-refractivity contribution in [3.05, 3.63) is 71.3 Å². The highest BCUT2D eigenvalue weighted by Gasteiger charge is 2.24. The third-order valence-corrected chi connectivity index (χ3v) is 7.27. The average Bonchev–Trinajstić information content (AvgIpc) is 3.32. The molecule has 0 bridgehead atoms. The molecule has 3 heterocycles. The maximum atomic E-state index is 10.3. The second-order valence-corrected chi connectivity index (χ2v) is 9.78. The van der Waals surface area contributed by atoms with E-state index in [1.54, 1.807) is 41.9 Å². The van der Waals surface area contributed by atoms with Gasteiger partial charge >= 0.3 is 0 Å². The van der Waals surface area contributed by atoms with Crippen molar-refractivity contribution in [1.82, 2.24) is 15.3 Å². The summed E-state index contributed by atoms with van der Waals surface area (Å²) in [5.74, 6) is 1.72. The Hall–Kier alpha value is -2.71. The normalized spacial score (nSPS) is 15.5. The van der Waals surface area contributed by atoms with Gasteiger partial charge in [0, 0.05) is 41.6 Å². The maximum absolute atomic E-state index is 10.3. The minimum Gasteiger partial charge on any atom is -0.491 e. The summed E-state index contributed by atoms with van der Waals surface area (Å²) in [6.07, 6.45) is 3.07. The summed E-state index contributed by atoms with van der Waals surface area (Å²) in [6, 6.07) is 18.0. The Morgan fingerprint density at radius 2 is 1.85 bits per heavy atom. The molecule has 34 heavy (non-hydrogen) atoms. The van der Waals surface area contributed by atoms with Crippen LogP contribution >= 0.6 is 22.9 Å². The summed E-state index contributed by atoms with van der Waals surface area (Å²) >= 11 is 7.56. The molecule has 5 rings (SSSR count). The molecule has 1 fully saturated rings. The fraction of sp³-hybridized carbons (Fsp3) is 0.308. The van der Waals surface area contributed by atoms with Crippen molar-refractivity contribution in [1.29, 1.82) is 0 Å². The Morgan fingerprint density at radius 3 is 2.62 bits per heavy atom. The number of nitrogens with zero attached hydrogens (tertiary/aromatic N) is 3. The highest BCUT2D eigenvalue weighted by atomic mass is 35.5. The van der Waals surface area contributed by atoms with Gasteiger partial charge < -0.3 is 20.1 Å². The maximum Gasteiger partial charge on any atom is 0.141 e. The zero-order chi connectivity index (χ0) is 23.3. The second-order valence-electron chi connectivity index (χ2n) is 8.48. The molecule has 2 N–H and O–H groups in total. The Kier molecular flexibility index (Phi) is 7.25. The van der Waals surface area contributed by atoms with Crippen LogP contribution in [0.2, 0.25) is 5.02 Å². The number of rotatable bonds is 8. The molecule has 1 atom stereocenters. The van der Waals surface area contributed by atoms with E-state index in [0.29, 0.717) is 23.4 Å². The first kappa shape index (κ1) is 23.1. The lowest BCUT2D eigenvalue weighted by atomic mass is 10.0. The molecule has 8 heteroatoms. The van der Waals surface area contributed by atoms with Crippen LogP contribution in [0.5, 0.6) is 5.75 Å². The molecule has 0 radical (unpaired) electrons. The second kappa shape index (κ2) is 10.7. The lowest BCUT2D eigenvalue weighted by Gasteiger charge is -2.34. The van der Waals surface area contributed by atoms with E-state index in [1.165, 1.54) is 11.1 Å². The molecule has 1 saturated heterocycles. The van der Waals surface area contributed by atoms with E-state index < -0.39 is 6.10 Å². The number of hydrogen-bond donors (Lipinski definition) is 2. The molecule has 0 spiro atoms. The fourth-order valence-corrected chi connectivity index (χ4v) is 5.35. The van der Waals surface area contributed by atoms with Crippen LogP contribution in [0.1, 0.15) is 12.8 Å². The van der Waals surface area contributed by atoms with Crippen molar-refractivity contribution in [2.24, 2.45) is 0 Å². The molecule has 1 unspecified atom stereocenters. The number of aliphatic hydroxyl groups is 1. The van der Waals surface area contributed by atoms with Crippen molar-refractivity contribution in [3.63, 3.8) is 0 Å². The smallest absolute Gasteiger partial charge is 0.141 e. The Bertz CT molecular complexity index is 1210. The van der Waals surface area contributed by atoms with Crippen molar-refractivity contribution >= 4 is 39.0 Å². The van der Waals surface area contributed by atoms with Gasteiger partial charge in [0.25, 0.3) is 0 Å². The van der Waals surface area contributed by atoms with Gasteiger partial charge in [0.2, 0.25) is 0 Å². The minimum atomic E-state index is -0.575. The van der Waals surface area contributed by atoms with Gasteiger partial charge in [-0.25, -0.2) is 9.97 Å². The zero-order valence-corrected chi connectivity index (χ0v) is 20.3. The van der Waals surface area contributed by atoms with E-state index in [0.717, 1.165) is 42.0 Å². The largest absolute Gasteiger partial charge is 0.491 e. The van der Waals surface area contributed by atoms with E-state index in [2.05, 4.69) is 49.8 Å². The highest BCUT2D eigenvalue weighted by Crippen LogP contribution is 2.38. The van der Waals surface area contributed by atoms with E-state index >= 15 is 0 Å². The first-order chi connectivity index (χ1) is 16.7. The van der Waals surface area contributed by atoms with Crippen molar-refractivity contribution in [3.8, 4) is 16.9 Å². The zero-order valence-electron chi connectivity index (χ0n) is 18.7. The van der Waals surface area contributed by atoms with Crippen LogP contribution < -0.4 is 15.0 Å². The standard InChI is InChI=1S/C26H27ClN4O2S/c27-19-6-8-22(9-7-19)33-15-21(32)14-28-20-10-12-31(13-11-20)25-24-23(18-4-2-1-3-5-18)16-34-26(24)30-17-29-25/h1-9,16-17,20-21,28,32H,10-15H2. The number of piperidine rings is 1. The number of hydrogen-bond acceptors (Lipinski definition) is 7. The summed E-state index contributed by atoms with van der Waals surface area (Å²) in [7, 11) is 0. The molecule has 6 nitrogen and oxygen atoms in total. The van der Waals surface area contributed by atoms with Crippen LogP contribution in [0.3, 0.4) is 0 Å². The molecular formula is C26H27ClN4O2S. The number of ether oxygens (including phenoxy) is 1. The third-order valence-electron chi connectivity index (χ3n) is 6.13. The van der Waals surface area contributed by atoms with Gasteiger partial charge in [-0.15, -0.1) is 11.3 Å². The van der Waals surface area contributed by atoms with Crippen molar-refractivity contribution in [2.75, 3.05) is 31.1 Å². The number of halogens is 1. The van der Waals surface area contributed by atoms with Gasteiger partial charge in [-0.3, -0.25) is 0 Å². The summed E-state index contributed by atoms with van der Waals surface area (Å²) in [4.78, 5) is 12.6. The molecule has 176 valence electrons. The monoisotopic (exact) mass is 494 g/mol. The predicted octanol–water partition coefficient (Wildman–Crippen LogP) is 5.01. The fourth-order valence-electron chi connectivity index (χ4n) is 4.31. The van der Waals surface area contributed by atoms with Gasteiger partial charge in [0.15, 0.2) is 0 Å². The summed E-state index contributed by atoms with van der Waals surface area (Å²) in [5.41, 5.74) is 2.39. The van der Waals surface area contributed by atoms with Gasteiger partial charge in [-0.2, -0.15) is 0 Å². The average molecular weight is 495 g/mol.